The average Bonchev–Trinajstić information content (AvgIpc) is 2.27. The number of benzene rings is 1. The summed E-state index contributed by atoms with van der Waals surface area (Å²) >= 11 is 0. The highest BCUT2D eigenvalue weighted by Gasteiger charge is 2.24. The van der Waals surface area contributed by atoms with E-state index in [0.29, 0.717) is 5.56 Å². The van der Waals surface area contributed by atoms with E-state index in [-0.39, 0.29) is 11.3 Å². The monoisotopic (exact) mass is 216 g/mol. The van der Waals surface area contributed by atoms with E-state index in [1.807, 2.05) is 6.92 Å². The molecule has 0 bridgehead atoms. The van der Waals surface area contributed by atoms with Gasteiger partial charge in [-0.2, -0.15) is 0 Å². The van der Waals surface area contributed by atoms with E-state index in [1.165, 1.54) is 6.07 Å². The molecule has 0 aromatic heterocycles. The molecular formula is C13H12O3. The van der Waals surface area contributed by atoms with Gasteiger partial charge in [-0.25, -0.2) is 0 Å². The van der Waals surface area contributed by atoms with Gasteiger partial charge in [-0.3, -0.25) is 9.59 Å². The van der Waals surface area contributed by atoms with Crippen molar-refractivity contribution in [1.29, 1.82) is 0 Å². The lowest BCUT2D eigenvalue weighted by molar-refractivity contribution is -0.111. The first-order chi connectivity index (χ1) is 7.61. The van der Waals surface area contributed by atoms with Crippen LogP contribution in [-0.2, 0) is 4.79 Å². The zero-order valence-electron chi connectivity index (χ0n) is 8.93. The maximum absolute atomic E-state index is 11.3. The Hall–Kier alpha value is -2.16. The van der Waals surface area contributed by atoms with Crippen LogP contribution in [0.5, 0.6) is 0 Å². The number of fused-ring (bicyclic) bond motifs is 1. The Morgan fingerprint density at radius 2 is 1.69 bits per heavy atom. The van der Waals surface area contributed by atoms with Crippen LogP contribution >= 0.6 is 0 Å². The van der Waals surface area contributed by atoms with Crippen LogP contribution in [0.1, 0.15) is 22.8 Å². The van der Waals surface area contributed by atoms with Crippen molar-refractivity contribution in [3.8, 4) is 0 Å². The molecule has 1 aliphatic rings. The van der Waals surface area contributed by atoms with Crippen LogP contribution in [0.3, 0.4) is 0 Å². The van der Waals surface area contributed by atoms with Crippen LogP contribution in [0, 0.1) is 0 Å². The summed E-state index contributed by atoms with van der Waals surface area (Å²) in [6.45, 7) is 5.25. The van der Waals surface area contributed by atoms with Crippen molar-refractivity contribution < 1.29 is 14.7 Å². The van der Waals surface area contributed by atoms with Gasteiger partial charge in [0.25, 0.3) is 0 Å². The minimum atomic E-state index is -0.670. The number of hydrogen-bond donors (Lipinski definition) is 1. The van der Waals surface area contributed by atoms with E-state index >= 15 is 0 Å². The lowest BCUT2D eigenvalue weighted by Gasteiger charge is -2.10. The summed E-state index contributed by atoms with van der Waals surface area (Å²) in [4.78, 5) is 22.2. The predicted molar refractivity (Wildman–Crippen MR) is 62.3 cm³/mol. The first kappa shape index (κ1) is 11.9. The molecule has 1 aliphatic carbocycles. The van der Waals surface area contributed by atoms with Crippen molar-refractivity contribution in [2.75, 3.05) is 0 Å². The van der Waals surface area contributed by atoms with E-state index in [2.05, 4.69) is 6.58 Å². The van der Waals surface area contributed by atoms with Crippen LogP contribution < -0.4 is 0 Å². The minimum Gasteiger partial charge on any atom is -0.507 e. The van der Waals surface area contributed by atoms with E-state index in [1.54, 1.807) is 24.3 Å². The maximum Gasteiger partial charge on any atom is 0.233 e. The zero-order valence-corrected chi connectivity index (χ0v) is 8.93. The second kappa shape index (κ2) is 5.07. The number of carbonyl (C=O) groups excluding carboxylic acids is 2. The third-order valence-electron chi connectivity index (χ3n) is 1.94. The highest BCUT2D eigenvalue weighted by molar-refractivity contribution is 6.50. The van der Waals surface area contributed by atoms with Gasteiger partial charge in [0.15, 0.2) is 0 Å². The molecule has 0 fully saturated rings. The highest BCUT2D eigenvalue weighted by Crippen LogP contribution is 2.22. The Morgan fingerprint density at radius 3 is 2.25 bits per heavy atom. The number of Topliss-reactive ketones (excluding diaryl/α,β-unsaturated/α-hetero) is 1. The van der Waals surface area contributed by atoms with Gasteiger partial charge in [0.05, 0.1) is 0 Å². The second-order valence-electron chi connectivity index (χ2n) is 3.18. The summed E-state index contributed by atoms with van der Waals surface area (Å²) in [6.07, 6.45) is 2.70. The molecular weight excluding hydrogens is 204 g/mol. The van der Waals surface area contributed by atoms with Crippen molar-refractivity contribution in [2.45, 2.75) is 6.92 Å². The van der Waals surface area contributed by atoms with Gasteiger partial charge in [0, 0.05) is 17.2 Å². The van der Waals surface area contributed by atoms with Gasteiger partial charge in [-0.1, -0.05) is 30.3 Å². The Kier molecular flexibility index (Phi) is 3.78. The number of hydrogen-bond acceptors (Lipinski definition) is 3. The number of aliphatic hydroxyl groups is 1. The number of rotatable bonds is 0. The van der Waals surface area contributed by atoms with Gasteiger partial charge >= 0.3 is 0 Å². The molecule has 3 nitrogen and oxygen atoms in total. The number of allylic oxidation sites excluding steroid dienone is 2. The van der Waals surface area contributed by atoms with Gasteiger partial charge < -0.3 is 5.11 Å². The van der Waals surface area contributed by atoms with E-state index < -0.39 is 11.6 Å². The Balaban J connectivity index is 0.000000386. The summed E-state index contributed by atoms with van der Waals surface area (Å²) in [6, 6.07) is 6.48. The normalized spacial score (nSPS) is 13.2. The van der Waals surface area contributed by atoms with Gasteiger partial charge in [0.2, 0.25) is 11.6 Å². The molecule has 0 saturated heterocycles. The number of ketones is 2. The molecule has 2 rings (SSSR count). The first-order valence-corrected chi connectivity index (χ1v) is 4.77. The van der Waals surface area contributed by atoms with Crippen LogP contribution in [0.25, 0.3) is 5.76 Å². The standard InChI is InChI=1S/C10H6O3.C3H6/c11-8-5-9(12)10(13)7-4-2-1-3-6(7)8;1-3-2/h1-5,11H;3H,1H2,2H3. The average molecular weight is 216 g/mol. The molecule has 1 aromatic rings. The van der Waals surface area contributed by atoms with Crippen molar-refractivity contribution in [3.63, 3.8) is 0 Å². The third-order valence-corrected chi connectivity index (χ3v) is 1.94. The summed E-state index contributed by atoms with van der Waals surface area (Å²) in [7, 11) is 0. The first-order valence-electron chi connectivity index (χ1n) is 4.77. The molecule has 16 heavy (non-hydrogen) atoms. The van der Waals surface area contributed by atoms with Crippen LogP contribution in [0.4, 0.5) is 0 Å². The summed E-state index contributed by atoms with van der Waals surface area (Å²) in [5, 5.41) is 9.34. The quantitative estimate of drug-likeness (QED) is 0.535. The smallest absolute Gasteiger partial charge is 0.233 e. The fraction of sp³-hybridized carbons (Fsp3) is 0.0769. The fourth-order valence-electron chi connectivity index (χ4n) is 1.30. The fourth-order valence-corrected chi connectivity index (χ4v) is 1.30. The molecule has 0 unspecified atom stereocenters. The van der Waals surface area contributed by atoms with Gasteiger partial charge in [-0.05, 0) is 6.92 Å². The Labute approximate surface area is 93.7 Å². The molecule has 0 spiro atoms. The van der Waals surface area contributed by atoms with Crippen molar-refractivity contribution >= 4 is 17.3 Å². The van der Waals surface area contributed by atoms with E-state index in [9.17, 15) is 14.7 Å². The molecule has 0 aliphatic heterocycles. The largest absolute Gasteiger partial charge is 0.507 e. The van der Waals surface area contributed by atoms with Gasteiger partial charge in [-0.15, -0.1) is 6.58 Å². The highest BCUT2D eigenvalue weighted by atomic mass is 16.3. The minimum absolute atomic E-state index is 0.139. The number of aliphatic hydroxyl groups excluding tert-OH is 1. The van der Waals surface area contributed by atoms with E-state index in [4.69, 9.17) is 0 Å². The molecule has 0 amide bonds. The van der Waals surface area contributed by atoms with Crippen LogP contribution in [0.2, 0.25) is 0 Å². The second-order valence-corrected chi connectivity index (χ2v) is 3.18. The van der Waals surface area contributed by atoms with Crippen LogP contribution in [-0.4, -0.2) is 16.7 Å². The maximum atomic E-state index is 11.3. The summed E-state index contributed by atoms with van der Waals surface area (Å²) in [5.74, 6) is -1.37. The topological polar surface area (TPSA) is 54.4 Å². The predicted octanol–water partition coefficient (Wildman–Crippen LogP) is 2.54. The summed E-state index contributed by atoms with van der Waals surface area (Å²) < 4.78 is 0. The Morgan fingerprint density at radius 1 is 1.19 bits per heavy atom. The molecule has 0 heterocycles. The van der Waals surface area contributed by atoms with Crippen molar-refractivity contribution in [3.05, 3.63) is 54.1 Å². The van der Waals surface area contributed by atoms with Gasteiger partial charge in [0.1, 0.15) is 5.76 Å². The molecule has 1 aromatic carbocycles. The third kappa shape index (κ3) is 2.25. The molecule has 0 saturated carbocycles. The molecule has 3 heteroatoms. The van der Waals surface area contributed by atoms with E-state index in [0.717, 1.165) is 6.08 Å². The SMILES string of the molecule is C=CC.O=C1C=C(O)c2ccccc2C1=O. The summed E-state index contributed by atoms with van der Waals surface area (Å²) in [5.41, 5.74) is 0.694. The lowest BCUT2D eigenvalue weighted by atomic mass is 9.94. The number of carbonyl (C=O) groups is 2. The zero-order chi connectivity index (χ0) is 12.1. The van der Waals surface area contributed by atoms with Crippen molar-refractivity contribution in [2.24, 2.45) is 0 Å². The Bertz CT molecular complexity index is 470. The lowest BCUT2D eigenvalue weighted by Crippen LogP contribution is -2.18. The molecule has 1 N–H and O–H groups in total. The molecule has 0 radical (unpaired) electrons. The molecule has 0 atom stereocenters. The van der Waals surface area contributed by atoms with Crippen molar-refractivity contribution in [1.82, 2.24) is 0 Å². The van der Waals surface area contributed by atoms with Crippen LogP contribution in [0.15, 0.2) is 43.0 Å². The molecule has 82 valence electrons.